The lowest BCUT2D eigenvalue weighted by Gasteiger charge is -2.36. The van der Waals surface area contributed by atoms with E-state index in [4.69, 9.17) is 0 Å². The molecule has 5 nitrogen and oxygen atoms in total. The molecule has 1 unspecified atom stereocenters. The van der Waals surface area contributed by atoms with Gasteiger partial charge in [0.1, 0.15) is 5.82 Å². The summed E-state index contributed by atoms with van der Waals surface area (Å²) in [6.07, 6.45) is 2.39. The molecular formula is C19H24N4OS. The molecule has 3 aromatic rings. The van der Waals surface area contributed by atoms with Crippen molar-refractivity contribution < 1.29 is 5.11 Å². The number of fused-ring (bicyclic) bond motifs is 1. The molecule has 1 aromatic carbocycles. The summed E-state index contributed by atoms with van der Waals surface area (Å²) in [6.45, 7) is 8.38. The lowest BCUT2D eigenvalue weighted by atomic mass is 9.94. The summed E-state index contributed by atoms with van der Waals surface area (Å²) in [5, 5.41) is 15.2. The number of aromatic nitrogens is 3. The van der Waals surface area contributed by atoms with Crippen molar-refractivity contribution in [1.29, 1.82) is 0 Å². The fraction of sp³-hybridized carbons (Fsp3) is 0.474. The standard InChI is InChI=1S/C19H24N4OS/c1-12-7-9-22(10-8-12)16(15-6-4-5-13(2)11-15)17-18(24)23-19(25-17)20-14(3)21-23/h4-6,11-12,16,24H,7-10H2,1-3H3. The maximum Gasteiger partial charge on any atom is 0.230 e. The molecule has 2 aromatic heterocycles. The lowest BCUT2D eigenvalue weighted by Crippen LogP contribution is -2.36. The Kier molecular flexibility index (Phi) is 4.25. The Morgan fingerprint density at radius 2 is 2.00 bits per heavy atom. The van der Waals surface area contributed by atoms with Crippen molar-refractivity contribution >= 4 is 16.3 Å². The zero-order valence-electron chi connectivity index (χ0n) is 14.9. The van der Waals surface area contributed by atoms with Gasteiger partial charge in [-0.05, 0) is 51.3 Å². The van der Waals surface area contributed by atoms with E-state index in [1.165, 1.54) is 24.0 Å². The van der Waals surface area contributed by atoms with Crippen LogP contribution < -0.4 is 0 Å². The van der Waals surface area contributed by atoms with Crippen molar-refractivity contribution in [2.75, 3.05) is 13.1 Å². The van der Waals surface area contributed by atoms with E-state index in [9.17, 15) is 5.11 Å². The molecule has 0 radical (unpaired) electrons. The zero-order chi connectivity index (χ0) is 17.6. The highest BCUT2D eigenvalue weighted by molar-refractivity contribution is 7.17. The van der Waals surface area contributed by atoms with E-state index in [2.05, 4.69) is 53.1 Å². The van der Waals surface area contributed by atoms with E-state index >= 15 is 0 Å². The Morgan fingerprint density at radius 3 is 2.68 bits per heavy atom. The van der Waals surface area contributed by atoms with Gasteiger partial charge in [-0.3, -0.25) is 4.90 Å². The van der Waals surface area contributed by atoms with Crippen LogP contribution in [0.15, 0.2) is 24.3 Å². The number of piperidine rings is 1. The molecule has 1 aliphatic rings. The summed E-state index contributed by atoms with van der Waals surface area (Å²) in [6, 6.07) is 8.66. The molecule has 132 valence electrons. The zero-order valence-corrected chi connectivity index (χ0v) is 15.8. The summed E-state index contributed by atoms with van der Waals surface area (Å²) in [4.78, 5) is 8.63. The van der Waals surface area contributed by atoms with E-state index in [0.717, 1.165) is 28.8 Å². The third-order valence-corrected chi connectivity index (χ3v) is 6.17. The van der Waals surface area contributed by atoms with Gasteiger partial charge in [0.25, 0.3) is 0 Å². The fourth-order valence-electron chi connectivity index (χ4n) is 3.68. The van der Waals surface area contributed by atoms with Gasteiger partial charge in [-0.1, -0.05) is 48.1 Å². The highest BCUT2D eigenvalue weighted by Crippen LogP contribution is 2.41. The Bertz CT molecular complexity index is 892. The third-order valence-electron chi connectivity index (χ3n) is 5.10. The van der Waals surface area contributed by atoms with E-state index < -0.39 is 0 Å². The number of rotatable bonds is 3. The van der Waals surface area contributed by atoms with Crippen LogP contribution in [0.2, 0.25) is 0 Å². The molecule has 25 heavy (non-hydrogen) atoms. The molecular weight excluding hydrogens is 332 g/mol. The van der Waals surface area contributed by atoms with Crippen molar-refractivity contribution in [3.63, 3.8) is 0 Å². The number of hydrogen-bond acceptors (Lipinski definition) is 5. The predicted octanol–water partition coefficient (Wildman–Crippen LogP) is 3.93. The highest BCUT2D eigenvalue weighted by Gasteiger charge is 2.31. The molecule has 0 aliphatic carbocycles. The fourth-order valence-corrected chi connectivity index (χ4v) is 4.84. The van der Waals surface area contributed by atoms with Crippen LogP contribution in [-0.2, 0) is 0 Å². The van der Waals surface area contributed by atoms with E-state index in [0.29, 0.717) is 5.82 Å². The summed E-state index contributed by atoms with van der Waals surface area (Å²) in [5.74, 6) is 1.69. The molecule has 0 spiro atoms. The first-order valence-electron chi connectivity index (χ1n) is 8.88. The number of aromatic hydroxyl groups is 1. The molecule has 1 fully saturated rings. The van der Waals surface area contributed by atoms with Gasteiger partial charge in [0.05, 0.1) is 10.9 Å². The van der Waals surface area contributed by atoms with Crippen LogP contribution in [0.1, 0.15) is 47.6 Å². The first-order valence-corrected chi connectivity index (χ1v) is 9.70. The Labute approximate surface area is 151 Å². The van der Waals surface area contributed by atoms with Crippen LogP contribution in [0.5, 0.6) is 5.88 Å². The largest absolute Gasteiger partial charge is 0.492 e. The van der Waals surface area contributed by atoms with Crippen LogP contribution >= 0.6 is 11.3 Å². The lowest BCUT2D eigenvalue weighted by molar-refractivity contribution is 0.157. The Hall–Kier alpha value is -1.92. The van der Waals surface area contributed by atoms with Crippen LogP contribution in [0.3, 0.4) is 0 Å². The minimum atomic E-state index is 0.0567. The van der Waals surface area contributed by atoms with Gasteiger partial charge in [0.15, 0.2) is 0 Å². The third kappa shape index (κ3) is 3.04. The second kappa shape index (κ2) is 6.42. The topological polar surface area (TPSA) is 53.7 Å². The van der Waals surface area contributed by atoms with Gasteiger partial charge in [-0.25, -0.2) is 4.98 Å². The van der Waals surface area contributed by atoms with Crippen molar-refractivity contribution in [2.45, 2.75) is 39.7 Å². The van der Waals surface area contributed by atoms with Gasteiger partial charge < -0.3 is 5.11 Å². The first kappa shape index (κ1) is 16.5. The molecule has 0 bridgehead atoms. The Balaban J connectivity index is 1.81. The molecule has 3 heterocycles. The Morgan fingerprint density at radius 1 is 1.24 bits per heavy atom. The normalized spacial score (nSPS) is 18.0. The van der Waals surface area contributed by atoms with E-state index in [1.807, 2.05) is 6.92 Å². The summed E-state index contributed by atoms with van der Waals surface area (Å²) in [7, 11) is 0. The minimum absolute atomic E-state index is 0.0567. The van der Waals surface area contributed by atoms with Crippen LogP contribution in [0.4, 0.5) is 0 Å². The monoisotopic (exact) mass is 356 g/mol. The van der Waals surface area contributed by atoms with E-state index in [-0.39, 0.29) is 11.9 Å². The van der Waals surface area contributed by atoms with E-state index in [1.54, 1.807) is 15.9 Å². The molecule has 1 aliphatic heterocycles. The second-order valence-corrected chi connectivity index (χ2v) is 8.19. The molecule has 0 saturated carbocycles. The number of aryl methyl sites for hydroxylation is 2. The summed E-state index contributed by atoms with van der Waals surface area (Å²) < 4.78 is 1.57. The van der Waals surface area contributed by atoms with Gasteiger partial charge in [0.2, 0.25) is 10.8 Å². The average molecular weight is 356 g/mol. The predicted molar refractivity (Wildman–Crippen MR) is 100 cm³/mol. The maximum absolute atomic E-state index is 10.8. The number of thiazole rings is 1. The van der Waals surface area contributed by atoms with Gasteiger partial charge >= 0.3 is 0 Å². The molecule has 4 rings (SSSR count). The highest BCUT2D eigenvalue weighted by atomic mass is 32.1. The smallest absolute Gasteiger partial charge is 0.230 e. The summed E-state index contributed by atoms with van der Waals surface area (Å²) in [5.41, 5.74) is 2.47. The number of nitrogens with zero attached hydrogens (tertiary/aromatic N) is 4. The van der Waals surface area contributed by atoms with Gasteiger partial charge in [-0.2, -0.15) is 4.52 Å². The molecule has 1 atom stereocenters. The number of likely N-dealkylation sites (tertiary alicyclic amines) is 1. The van der Waals surface area contributed by atoms with Crippen molar-refractivity contribution in [3.05, 3.63) is 46.1 Å². The first-order chi connectivity index (χ1) is 12.0. The number of benzene rings is 1. The van der Waals surface area contributed by atoms with Gasteiger partial charge in [0, 0.05) is 0 Å². The van der Waals surface area contributed by atoms with Crippen molar-refractivity contribution in [3.8, 4) is 5.88 Å². The van der Waals surface area contributed by atoms with Crippen molar-refractivity contribution in [1.82, 2.24) is 19.5 Å². The number of hydrogen-bond donors (Lipinski definition) is 1. The SMILES string of the molecule is Cc1cccc(C(c2sc3nc(C)nn3c2O)N2CCC(C)CC2)c1. The minimum Gasteiger partial charge on any atom is -0.492 e. The van der Waals surface area contributed by atoms with Crippen LogP contribution in [0.25, 0.3) is 4.96 Å². The van der Waals surface area contributed by atoms with Gasteiger partial charge in [-0.15, -0.1) is 5.10 Å². The molecule has 6 heteroatoms. The summed E-state index contributed by atoms with van der Waals surface area (Å²) >= 11 is 1.55. The van der Waals surface area contributed by atoms with Crippen molar-refractivity contribution in [2.24, 2.45) is 5.92 Å². The molecule has 1 N–H and O–H groups in total. The molecule has 1 saturated heterocycles. The maximum atomic E-state index is 10.8. The van der Waals surface area contributed by atoms with Crippen LogP contribution in [-0.4, -0.2) is 37.7 Å². The second-order valence-electron chi connectivity index (χ2n) is 7.18. The molecule has 0 amide bonds. The van der Waals surface area contributed by atoms with Crippen LogP contribution in [0, 0.1) is 19.8 Å². The quantitative estimate of drug-likeness (QED) is 0.772. The average Bonchev–Trinajstić information content (AvgIpc) is 3.08.